The summed E-state index contributed by atoms with van der Waals surface area (Å²) in [5, 5.41) is 4.18. The molecule has 0 saturated heterocycles. The van der Waals surface area contributed by atoms with Crippen LogP contribution in [0.4, 0.5) is 0 Å². The van der Waals surface area contributed by atoms with Crippen molar-refractivity contribution < 1.29 is 0 Å². The third-order valence-electron chi connectivity index (χ3n) is 1.57. The van der Waals surface area contributed by atoms with E-state index in [0.29, 0.717) is 0 Å². The summed E-state index contributed by atoms with van der Waals surface area (Å²) in [7, 11) is 0. The van der Waals surface area contributed by atoms with Crippen LogP contribution in [0.15, 0.2) is 17.4 Å². The summed E-state index contributed by atoms with van der Waals surface area (Å²) in [6.07, 6.45) is 4.94. The average Bonchev–Trinajstić information content (AvgIpc) is 1.88. The molecule has 0 atom stereocenters. The highest BCUT2D eigenvalue weighted by atomic mass is 15.3. The molecular weight excluding hydrogens is 124 g/mol. The Hall–Kier alpha value is -0.790. The Balaban J connectivity index is 2.65. The minimum absolute atomic E-state index is 0.206. The molecule has 1 aliphatic rings. The predicted octanol–water partition coefficient (Wildman–Crippen LogP) is 1.90. The largest absolute Gasteiger partial charge is 0.286 e. The van der Waals surface area contributed by atoms with Crippen molar-refractivity contribution in [2.75, 3.05) is 0 Å². The van der Waals surface area contributed by atoms with Crippen LogP contribution in [-0.2, 0) is 0 Å². The quantitative estimate of drug-likeness (QED) is 0.543. The molecule has 0 bridgehead atoms. The summed E-state index contributed by atoms with van der Waals surface area (Å²) in [5.41, 5.74) is 4.27. The number of rotatable bonds is 0. The van der Waals surface area contributed by atoms with Crippen LogP contribution >= 0.6 is 0 Å². The zero-order valence-corrected chi connectivity index (χ0v) is 6.81. The monoisotopic (exact) mass is 138 g/mol. The minimum Gasteiger partial charge on any atom is -0.286 e. The van der Waals surface area contributed by atoms with Gasteiger partial charge in [-0.05, 0) is 0 Å². The lowest BCUT2D eigenvalue weighted by molar-refractivity contribution is 0.573. The van der Waals surface area contributed by atoms with E-state index < -0.39 is 0 Å². The molecule has 0 spiro atoms. The predicted molar refractivity (Wildman–Crippen MR) is 43.8 cm³/mol. The van der Waals surface area contributed by atoms with E-state index in [-0.39, 0.29) is 5.41 Å². The molecule has 0 aromatic carbocycles. The third-order valence-corrected chi connectivity index (χ3v) is 1.57. The van der Waals surface area contributed by atoms with Gasteiger partial charge in [-0.1, -0.05) is 26.8 Å². The number of hydrogen-bond donors (Lipinski definition) is 1. The van der Waals surface area contributed by atoms with Gasteiger partial charge >= 0.3 is 0 Å². The van der Waals surface area contributed by atoms with E-state index in [1.807, 2.05) is 6.20 Å². The highest BCUT2D eigenvalue weighted by molar-refractivity contribution is 5.90. The van der Waals surface area contributed by atoms with Crippen LogP contribution in [0.3, 0.4) is 0 Å². The van der Waals surface area contributed by atoms with Crippen molar-refractivity contribution in [2.45, 2.75) is 27.2 Å². The highest BCUT2D eigenvalue weighted by Gasteiger charge is 2.18. The molecule has 56 valence electrons. The van der Waals surface area contributed by atoms with Crippen LogP contribution in [0.2, 0.25) is 0 Å². The van der Waals surface area contributed by atoms with Crippen LogP contribution in [0.1, 0.15) is 27.2 Å². The molecule has 1 rings (SSSR count). The number of nitrogens with one attached hydrogen (secondary N) is 1. The molecule has 0 aliphatic carbocycles. The standard InChI is InChI=1S/C8H14N2/c1-8(2,3)7-5-4-6-9-10-7/h4,6,9H,5H2,1-3H3. The van der Waals surface area contributed by atoms with Crippen LogP contribution in [-0.4, -0.2) is 5.71 Å². The van der Waals surface area contributed by atoms with Crippen molar-refractivity contribution in [2.24, 2.45) is 10.5 Å². The van der Waals surface area contributed by atoms with Gasteiger partial charge in [-0.3, -0.25) is 5.43 Å². The summed E-state index contributed by atoms with van der Waals surface area (Å²) < 4.78 is 0. The van der Waals surface area contributed by atoms with Gasteiger partial charge in [-0.15, -0.1) is 0 Å². The van der Waals surface area contributed by atoms with Crippen molar-refractivity contribution in [1.82, 2.24) is 5.43 Å². The Morgan fingerprint density at radius 2 is 2.20 bits per heavy atom. The van der Waals surface area contributed by atoms with E-state index in [9.17, 15) is 0 Å². The summed E-state index contributed by atoms with van der Waals surface area (Å²) in [5.74, 6) is 0. The Morgan fingerprint density at radius 1 is 1.50 bits per heavy atom. The molecule has 0 aromatic rings. The normalized spacial score (nSPS) is 18.1. The smallest absolute Gasteiger partial charge is 0.0473 e. The number of hydrogen-bond acceptors (Lipinski definition) is 2. The van der Waals surface area contributed by atoms with Crippen LogP contribution in [0.5, 0.6) is 0 Å². The van der Waals surface area contributed by atoms with Gasteiger partial charge in [0.2, 0.25) is 0 Å². The second kappa shape index (κ2) is 2.45. The second-order valence-corrected chi connectivity index (χ2v) is 3.54. The first-order valence-corrected chi connectivity index (χ1v) is 3.58. The van der Waals surface area contributed by atoms with E-state index in [1.54, 1.807) is 0 Å². The number of allylic oxidation sites excluding steroid dienone is 1. The maximum atomic E-state index is 4.18. The minimum atomic E-state index is 0.206. The summed E-state index contributed by atoms with van der Waals surface area (Å²) in [6.45, 7) is 6.52. The van der Waals surface area contributed by atoms with E-state index in [1.165, 1.54) is 5.71 Å². The van der Waals surface area contributed by atoms with Gasteiger partial charge in [0.05, 0.1) is 0 Å². The molecule has 0 fully saturated rings. The van der Waals surface area contributed by atoms with Crippen LogP contribution in [0, 0.1) is 5.41 Å². The lowest BCUT2D eigenvalue weighted by Crippen LogP contribution is -2.23. The molecule has 1 heterocycles. The molecule has 0 radical (unpaired) electrons. The van der Waals surface area contributed by atoms with Gasteiger partial charge in [0.15, 0.2) is 0 Å². The Morgan fingerprint density at radius 3 is 2.50 bits per heavy atom. The molecule has 0 amide bonds. The first kappa shape index (κ1) is 7.32. The van der Waals surface area contributed by atoms with E-state index in [4.69, 9.17) is 0 Å². The van der Waals surface area contributed by atoms with Crippen LogP contribution < -0.4 is 5.43 Å². The Labute approximate surface area is 62.0 Å². The molecule has 0 saturated carbocycles. The molecule has 0 aromatic heterocycles. The maximum absolute atomic E-state index is 4.18. The fourth-order valence-electron chi connectivity index (χ4n) is 0.858. The zero-order chi connectivity index (χ0) is 7.61. The topological polar surface area (TPSA) is 24.4 Å². The van der Waals surface area contributed by atoms with Crippen LogP contribution in [0.25, 0.3) is 0 Å². The summed E-state index contributed by atoms with van der Waals surface area (Å²) in [4.78, 5) is 0. The van der Waals surface area contributed by atoms with Gasteiger partial charge in [-0.2, -0.15) is 5.10 Å². The number of nitrogens with zero attached hydrogens (tertiary/aromatic N) is 1. The summed E-state index contributed by atoms with van der Waals surface area (Å²) >= 11 is 0. The Kier molecular flexibility index (Phi) is 1.79. The SMILES string of the molecule is CC(C)(C)C1=NNC=CC1. The number of hydrazone groups is 1. The van der Waals surface area contributed by atoms with Crippen molar-refractivity contribution in [3.05, 3.63) is 12.3 Å². The van der Waals surface area contributed by atoms with Gasteiger partial charge in [0.25, 0.3) is 0 Å². The van der Waals surface area contributed by atoms with Gasteiger partial charge in [0.1, 0.15) is 0 Å². The van der Waals surface area contributed by atoms with Gasteiger partial charge in [0, 0.05) is 23.7 Å². The molecular formula is C8H14N2. The fourth-order valence-corrected chi connectivity index (χ4v) is 0.858. The van der Waals surface area contributed by atoms with Crippen molar-refractivity contribution in [3.8, 4) is 0 Å². The average molecular weight is 138 g/mol. The highest BCUT2D eigenvalue weighted by Crippen LogP contribution is 2.19. The molecule has 10 heavy (non-hydrogen) atoms. The zero-order valence-electron chi connectivity index (χ0n) is 6.81. The molecule has 1 N–H and O–H groups in total. The second-order valence-electron chi connectivity index (χ2n) is 3.54. The van der Waals surface area contributed by atoms with Gasteiger partial charge in [-0.25, -0.2) is 0 Å². The first-order chi connectivity index (χ1) is 4.61. The molecule has 1 aliphatic heterocycles. The van der Waals surface area contributed by atoms with Crippen molar-refractivity contribution in [1.29, 1.82) is 0 Å². The molecule has 2 nitrogen and oxygen atoms in total. The maximum Gasteiger partial charge on any atom is 0.0473 e. The van der Waals surface area contributed by atoms with Gasteiger partial charge < -0.3 is 0 Å². The molecule has 2 heteroatoms. The van der Waals surface area contributed by atoms with E-state index in [0.717, 1.165) is 6.42 Å². The lowest BCUT2D eigenvalue weighted by Gasteiger charge is -2.21. The van der Waals surface area contributed by atoms with E-state index in [2.05, 4.69) is 37.4 Å². The van der Waals surface area contributed by atoms with E-state index >= 15 is 0 Å². The Bertz CT molecular complexity index is 172. The first-order valence-electron chi connectivity index (χ1n) is 3.58. The molecule has 0 unspecified atom stereocenters. The fraction of sp³-hybridized carbons (Fsp3) is 0.625. The van der Waals surface area contributed by atoms with Crippen molar-refractivity contribution in [3.63, 3.8) is 0 Å². The van der Waals surface area contributed by atoms with Crippen molar-refractivity contribution >= 4 is 5.71 Å². The third kappa shape index (κ3) is 1.59. The lowest BCUT2D eigenvalue weighted by atomic mass is 9.88. The summed E-state index contributed by atoms with van der Waals surface area (Å²) in [6, 6.07) is 0.